The first-order valence-electron chi connectivity index (χ1n) is 3.13. The van der Waals surface area contributed by atoms with E-state index in [1.165, 1.54) is 0 Å². The van der Waals surface area contributed by atoms with Gasteiger partial charge in [0.05, 0.1) is 0 Å². The maximum Gasteiger partial charge on any atom is 0.252 e. The fourth-order valence-electron chi connectivity index (χ4n) is 0.741. The van der Waals surface area contributed by atoms with Crippen LogP contribution in [0, 0.1) is 0 Å². The first kappa shape index (κ1) is 8.62. The van der Waals surface area contributed by atoms with E-state index < -0.39 is 5.24 Å². The van der Waals surface area contributed by atoms with Gasteiger partial charge in [0, 0.05) is 11.3 Å². The molecule has 0 amide bonds. The lowest BCUT2D eigenvalue weighted by molar-refractivity contribution is 0.108. The van der Waals surface area contributed by atoms with Crippen molar-refractivity contribution >= 4 is 29.5 Å². The van der Waals surface area contributed by atoms with Gasteiger partial charge in [-0.1, -0.05) is 12.1 Å². The molecule has 1 rings (SSSR count). The summed E-state index contributed by atoms with van der Waals surface area (Å²) in [6.45, 7) is 0. The van der Waals surface area contributed by atoms with Crippen LogP contribution in [-0.2, 0) is 5.75 Å². The Morgan fingerprint density at radius 1 is 1.36 bits per heavy atom. The van der Waals surface area contributed by atoms with Crippen molar-refractivity contribution in [2.75, 3.05) is 0 Å². The molecule has 11 heavy (non-hydrogen) atoms. The van der Waals surface area contributed by atoms with E-state index in [1.807, 2.05) is 12.1 Å². The standard InChI is InChI=1S/C8H7ClOS/c9-8(10)7-3-1-6(5-11)2-4-7/h1-4,11H,5H2. The smallest absolute Gasteiger partial charge is 0.252 e. The molecule has 0 atom stereocenters. The highest BCUT2D eigenvalue weighted by atomic mass is 35.5. The quantitative estimate of drug-likeness (QED) is 0.555. The van der Waals surface area contributed by atoms with E-state index in [-0.39, 0.29) is 0 Å². The van der Waals surface area contributed by atoms with Gasteiger partial charge in [0.2, 0.25) is 0 Å². The molecule has 0 saturated heterocycles. The molecule has 0 aliphatic carbocycles. The van der Waals surface area contributed by atoms with Crippen LogP contribution in [0.15, 0.2) is 24.3 Å². The Bertz CT molecular complexity index is 255. The zero-order valence-corrected chi connectivity index (χ0v) is 7.40. The normalized spacial score (nSPS) is 9.64. The summed E-state index contributed by atoms with van der Waals surface area (Å²) in [6.07, 6.45) is 0. The first-order valence-corrected chi connectivity index (χ1v) is 4.14. The van der Waals surface area contributed by atoms with Crippen molar-refractivity contribution in [2.45, 2.75) is 5.75 Å². The second-order valence-corrected chi connectivity index (χ2v) is 2.79. The molecular weight excluding hydrogens is 180 g/mol. The molecule has 1 nitrogen and oxygen atoms in total. The fourth-order valence-corrected chi connectivity index (χ4v) is 1.08. The number of carbonyl (C=O) groups is 1. The Morgan fingerprint density at radius 3 is 2.27 bits per heavy atom. The van der Waals surface area contributed by atoms with Crippen molar-refractivity contribution in [2.24, 2.45) is 0 Å². The highest BCUT2D eigenvalue weighted by Crippen LogP contribution is 2.08. The maximum absolute atomic E-state index is 10.6. The third-order valence-electron chi connectivity index (χ3n) is 1.36. The molecule has 0 aliphatic rings. The van der Waals surface area contributed by atoms with Gasteiger partial charge < -0.3 is 0 Å². The summed E-state index contributed by atoms with van der Waals surface area (Å²) in [5.41, 5.74) is 1.60. The lowest BCUT2D eigenvalue weighted by atomic mass is 10.2. The molecule has 0 heterocycles. The van der Waals surface area contributed by atoms with E-state index in [1.54, 1.807) is 12.1 Å². The molecule has 58 valence electrons. The molecule has 0 N–H and O–H groups in total. The zero-order chi connectivity index (χ0) is 8.27. The minimum atomic E-state index is -0.421. The molecular formula is C8H7ClOS. The summed E-state index contributed by atoms with van der Waals surface area (Å²) in [4.78, 5) is 10.6. The summed E-state index contributed by atoms with van der Waals surface area (Å²) in [6, 6.07) is 7.06. The largest absolute Gasteiger partial charge is 0.276 e. The molecule has 0 saturated carbocycles. The van der Waals surface area contributed by atoms with Gasteiger partial charge in [0.1, 0.15) is 0 Å². The number of thiol groups is 1. The second-order valence-electron chi connectivity index (χ2n) is 2.13. The van der Waals surface area contributed by atoms with Gasteiger partial charge >= 0.3 is 0 Å². The van der Waals surface area contributed by atoms with Crippen LogP contribution in [0.5, 0.6) is 0 Å². The van der Waals surface area contributed by atoms with Crippen LogP contribution in [0.1, 0.15) is 15.9 Å². The molecule has 0 radical (unpaired) electrons. The van der Waals surface area contributed by atoms with Crippen LogP contribution in [0.4, 0.5) is 0 Å². The minimum Gasteiger partial charge on any atom is -0.276 e. The molecule has 0 spiro atoms. The van der Waals surface area contributed by atoms with E-state index >= 15 is 0 Å². The number of hydrogen-bond acceptors (Lipinski definition) is 2. The molecule has 0 fully saturated rings. The number of carbonyl (C=O) groups excluding carboxylic acids is 1. The molecule has 3 heteroatoms. The van der Waals surface area contributed by atoms with E-state index in [0.717, 1.165) is 5.56 Å². The lowest BCUT2D eigenvalue weighted by Gasteiger charge is -1.95. The highest BCUT2D eigenvalue weighted by Gasteiger charge is 1.99. The maximum atomic E-state index is 10.6. The number of benzene rings is 1. The SMILES string of the molecule is O=C(Cl)c1ccc(CS)cc1. The van der Waals surface area contributed by atoms with Crippen molar-refractivity contribution in [3.05, 3.63) is 35.4 Å². The fraction of sp³-hybridized carbons (Fsp3) is 0.125. The van der Waals surface area contributed by atoms with Crippen molar-refractivity contribution in [3.63, 3.8) is 0 Å². The second kappa shape index (κ2) is 3.79. The van der Waals surface area contributed by atoms with Gasteiger partial charge in [-0.15, -0.1) is 0 Å². The van der Waals surface area contributed by atoms with E-state index in [0.29, 0.717) is 11.3 Å². The topological polar surface area (TPSA) is 17.1 Å². The molecule has 0 aliphatic heterocycles. The molecule has 0 unspecified atom stereocenters. The van der Waals surface area contributed by atoms with Gasteiger partial charge in [-0.3, -0.25) is 4.79 Å². The van der Waals surface area contributed by atoms with Gasteiger partial charge in [-0.25, -0.2) is 0 Å². The van der Waals surface area contributed by atoms with Crippen LogP contribution in [0.2, 0.25) is 0 Å². The Morgan fingerprint density at radius 2 is 1.91 bits per heavy atom. The third-order valence-corrected chi connectivity index (χ3v) is 1.95. The molecule has 1 aromatic rings. The Labute approximate surface area is 75.8 Å². The summed E-state index contributed by atoms with van der Waals surface area (Å²) in [5, 5.41) is -0.421. The molecule has 0 bridgehead atoms. The first-order chi connectivity index (χ1) is 5.24. The summed E-state index contributed by atoms with van der Waals surface area (Å²) >= 11 is 9.32. The molecule has 1 aromatic carbocycles. The average molecular weight is 187 g/mol. The van der Waals surface area contributed by atoms with Gasteiger partial charge in [-0.05, 0) is 29.3 Å². The van der Waals surface area contributed by atoms with Crippen molar-refractivity contribution in [1.82, 2.24) is 0 Å². The Balaban J connectivity index is 2.91. The Hall–Kier alpha value is -0.470. The van der Waals surface area contributed by atoms with Crippen LogP contribution in [0.3, 0.4) is 0 Å². The summed E-state index contributed by atoms with van der Waals surface area (Å²) in [5.74, 6) is 0.677. The van der Waals surface area contributed by atoms with Crippen LogP contribution >= 0.6 is 24.2 Å². The summed E-state index contributed by atoms with van der Waals surface area (Å²) in [7, 11) is 0. The van der Waals surface area contributed by atoms with Crippen LogP contribution < -0.4 is 0 Å². The Kier molecular flexibility index (Phi) is 2.97. The number of rotatable bonds is 2. The summed E-state index contributed by atoms with van der Waals surface area (Å²) < 4.78 is 0. The van der Waals surface area contributed by atoms with Crippen molar-refractivity contribution in [3.8, 4) is 0 Å². The van der Waals surface area contributed by atoms with Gasteiger partial charge in [0.15, 0.2) is 0 Å². The number of halogens is 1. The van der Waals surface area contributed by atoms with E-state index in [4.69, 9.17) is 11.6 Å². The lowest BCUT2D eigenvalue weighted by Crippen LogP contribution is -1.87. The van der Waals surface area contributed by atoms with Crippen LogP contribution in [-0.4, -0.2) is 5.24 Å². The van der Waals surface area contributed by atoms with Crippen molar-refractivity contribution in [1.29, 1.82) is 0 Å². The van der Waals surface area contributed by atoms with E-state index in [2.05, 4.69) is 12.6 Å². The molecule has 0 aromatic heterocycles. The number of hydrogen-bond donors (Lipinski definition) is 1. The average Bonchev–Trinajstić information content (AvgIpc) is 2.05. The van der Waals surface area contributed by atoms with Crippen LogP contribution in [0.25, 0.3) is 0 Å². The third kappa shape index (κ3) is 2.24. The highest BCUT2D eigenvalue weighted by molar-refractivity contribution is 7.79. The van der Waals surface area contributed by atoms with Gasteiger partial charge in [0.25, 0.3) is 5.24 Å². The van der Waals surface area contributed by atoms with Crippen molar-refractivity contribution < 1.29 is 4.79 Å². The monoisotopic (exact) mass is 186 g/mol. The van der Waals surface area contributed by atoms with E-state index in [9.17, 15) is 4.79 Å². The zero-order valence-electron chi connectivity index (χ0n) is 5.75. The van der Waals surface area contributed by atoms with Gasteiger partial charge in [-0.2, -0.15) is 12.6 Å². The minimum absolute atomic E-state index is 0.421. The predicted molar refractivity (Wildman–Crippen MR) is 49.3 cm³/mol. The predicted octanol–water partition coefficient (Wildman–Crippen LogP) is 2.50.